The molecule has 0 unspecified atom stereocenters. The predicted molar refractivity (Wildman–Crippen MR) is 166 cm³/mol. The summed E-state index contributed by atoms with van der Waals surface area (Å²) in [6, 6.07) is 15.2. The van der Waals surface area contributed by atoms with Gasteiger partial charge >= 0.3 is 0 Å². The van der Waals surface area contributed by atoms with Gasteiger partial charge < -0.3 is 9.47 Å². The summed E-state index contributed by atoms with van der Waals surface area (Å²) < 4.78 is 56.8. The van der Waals surface area contributed by atoms with Crippen molar-refractivity contribution in [2.24, 2.45) is 5.92 Å². The molecule has 4 rings (SSSR count). The largest absolute Gasteiger partial charge is 0.348 e. The van der Waals surface area contributed by atoms with Gasteiger partial charge in [-0.15, -0.1) is 0 Å². The van der Waals surface area contributed by atoms with Gasteiger partial charge in [0.25, 0.3) is 0 Å². The minimum Gasteiger partial charge on any atom is -0.348 e. The Kier molecular flexibility index (Phi) is 12.7. The van der Waals surface area contributed by atoms with Crippen LogP contribution in [0.15, 0.2) is 66.7 Å². The normalized spacial score (nSPS) is 17.3. The molecule has 0 N–H and O–H groups in total. The van der Waals surface area contributed by atoms with Crippen LogP contribution < -0.4 is 0 Å². The summed E-state index contributed by atoms with van der Waals surface area (Å²) >= 11 is 0. The number of hydrogen-bond donors (Lipinski definition) is 0. The summed E-state index contributed by atoms with van der Waals surface area (Å²) in [5.41, 5.74) is 2.92. The molecule has 0 aliphatic carbocycles. The first kappa shape index (κ1) is 32.0. The van der Waals surface area contributed by atoms with Crippen LogP contribution >= 0.6 is 0 Å². The van der Waals surface area contributed by atoms with Gasteiger partial charge in [-0.3, -0.25) is 0 Å². The van der Waals surface area contributed by atoms with Crippen LogP contribution in [0.2, 0.25) is 0 Å². The van der Waals surface area contributed by atoms with Crippen molar-refractivity contribution < 1.29 is 22.6 Å². The second-order valence-electron chi connectivity index (χ2n) is 11.5. The number of hydrogen-bond acceptors (Lipinski definition) is 2. The lowest BCUT2D eigenvalue weighted by atomic mass is 9.96. The van der Waals surface area contributed by atoms with Crippen LogP contribution in [0.4, 0.5) is 13.2 Å². The fourth-order valence-electron chi connectivity index (χ4n) is 5.60. The molecule has 2 nitrogen and oxygen atoms in total. The molecular weight excluding hydrogens is 533 g/mol. The molecule has 226 valence electrons. The van der Waals surface area contributed by atoms with E-state index in [-0.39, 0.29) is 11.4 Å². The number of unbranched alkanes of at least 4 members (excludes halogenated alkanes) is 7. The first-order valence-corrected chi connectivity index (χ1v) is 15.7. The molecule has 42 heavy (non-hydrogen) atoms. The first-order chi connectivity index (χ1) is 20.5. The third-order valence-corrected chi connectivity index (χ3v) is 8.18. The molecule has 3 aromatic rings. The maximum absolute atomic E-state index is 15.1. The first-order valence-electron chi connectivity index (χ1n) is 15.7. The lowest BCUT2D eigenvalue weighted by Gasteiger charge is -2.29. The molecule has 1 aliphatic heterocycles. The summed E-state index contributed by atoms with van der Waals surface area (Å²) in [6.07, 6.45) is 15.4. The smallest absolute Gasteiger partial charge is 0.183 e. The molecule has 1 aliphatic rings. The molecule has 0 aromatic heterocycles. The molecule has 0 amide bonds. The standard InChI is InChI=1S/C37H45F3O2/c1-3-5-7-8-9-10-11-13-15-30-20-23-33(36(40)35(30)39)29-18-16-28(17-19-29)32-22-21-31(24-34(32)38)37-41-25-27(26-42-37)14-12-6-4-2/h4,6,16-24,27,37H,3,5,7-15,25-26H2,1-2H3/b6-4+. The van der Waals surface area contributed by atoms with E-state index < -0.39 is 17.9 Å². The lowest BCUT2D eigenvalue weighted by Crippen LogP contribution is -2.27. The van der Waals surface area contributed by atoms with Crippen molar-refractivity contribution in [2.45, 2.75) is 90.8 Å². The second-order valence-corrected chi connectivity index (χ2v) is 11.5. The Morgan fingerprint density at radius 1 is 0.738 bits per heavy atom. The number of halogens is 3. The van der Waals surface area contributed by atoms with Gasteiger partial charge in [0.1, 0.15) is 5.82 Å². The molecule has 0 spiro atoms. The van der Waals surface area contributed by atoms with E-state index in [1.54, 1.807) is 42.5 Å². The quantitative estimate of drug-likeness (QED) is 0.132. The van der Waals surface area contributed by atoms with E-state index in [0.717, 1.165) is 32.1 Å². The zero-order chi connectivity index (χ0) is 29.7. The molecule has 3 aromatic carbocycles. The molecular formula is C37H45F3O2. The van der Waals surface area contributed by atoms with Crippen molar-refractivity contribution in [3.63, 3.8) is 0 Å². The summed E-state index contributed by atoms with van der Waals surface area (Å²) in [6.45, 7) is 5.39. The van der Waals surface area contributed by atoms with Crippen LogP contribution in [0, 0.1) is 23.4 Å². The van der Waals surface area contributed by atoms with Gasteiger partial charge in [-0.2, -0.15) is 0 Å². The van der Waals surface area contributed by atoms with Crippen molar-refractivity contribution in [3.05, 3.63) is 95.3 Å². The molecule has 0 radical (unpaired) electrons. The minimum atomic E-state index is -0.827. The second kappa shape index (κ2) is 16.7. The number of allylic oxidation sites excluding steroid dienone is 2. The van der Waals surface area contributed by atoms with Crippen LogP contribution in [-0.4, -0.2) is 13.2 Å². The van der Waals surface area contributed by atoms with Crippen LogP contribution in [0.5, 0.6) is 0 Å². The maximum Gasteiger partial charge on any atom is 0.183 e. The maximum atomic E-state index is 15.1. The van der Waals surface area contributed by atoms with E-state index >= 15 is 8.78 Å². The third kappa shape index (κ3) is 8.81. The van der Waals surface area contributed by atoms with Crippen molar-refractivity contribution in [1.82, 2.24) is 0 Å². The van der Waals surface area contributed by atoms with Crippen molar-refractivity contribution in [2.75, 3.05) is 13.2 Å². The van der Waals surface area contributed by atoms with Gasteiger partial charge in [0.2, 0.25) is 0 Å². The lowest BCUT2D eigenvalue weighted by molar-refractivity contribution is -0.205. The Balaban J connectivity index is 1.33. The van der Waals surface area contributed by atoms with Gasteiger partial charge in [0, 0.05) is 22.6 Å². The van der Waals surface area contributed by atoms with Gasteiger partial charge in [0.05, 0.1) is 13.2 Å². The van der Waals surface area contributed by atoms with Crippen molar-refractivity contribution in [1.29, 1.82) is 0 Å². The zero-order valence-electron chi connectivity index (χ0n) is 25.1. The molecule has 1 saturated heterocycles. The molecule has 0 atom stereocenters. The van der Waals surface area contributed by atoms with E-state index in [1.807, 2.05) is 19.1 Å². The van der Waals surface area contributed by atoms with E-state index in [1.165, 1.54) is 38.2 Å². The Labute approximate surface area is 250 Å². The Hall–Kier alpha value is -2.89. The van der Waals surface area contributed by atoms with E-state index in [2.05, 4.69) is 13.0 Å². The van der Waals surface area contributed by atoms with E-state index in [9.17, 15) is 4.39 Å². The fraction of sp³-hybridized carbons (Fsp3) is 0.459. The number of benzene rings is 3. The minimum absolute atomic E-state index is 0.213. The SMILES string of the molecule is C/C=C/CCC1COC(c2ccc(-c3ccc(-c4ccc(CCCCCCCCCC)c(F)c4F)cc3)c(F)c2)OC1. The average molecular weight is 579 g/mol. The molecule has 0 saturated carbocycles. The van der Waals surface area contributed by atoms with Gasteiger partial charge in [-0.25, -0.2) is 13.2 Å². The van der Waals surface area contributed by atoms with Gasteiger partial charge in [0.15, 0.2) is 17.9 Å². The average Bonchev–Trinajstić information content (AvgIpc) is 3.01. The van der Waals surface area contributed by atoms with Crippen molar-refractivity contribution >= 4 is 0 Å². The molecule has 1 fully saturated rings. The number of rotatable bonds is 15. The van der Waals surface area contributed by atoms with Gasteiger partial charge in [-0.05, 0) is 55.4 Å². The van der Waals surface area contributed by atoms with Crippen LogP contribution in [0.3, 0.4) is 0 Å². The Bertz CT molecular complexity index is 1280. The van der Waals surface area contributed by atoms with Crippen LogP contribution in [0.25, 0.3) is 22.3 Å². The molecule has 0 bridgehead atoms. The predicted octanol–water partition coefficient (Wildman–Crippen LogP) is 11.1. The van der Waals surface area contributed by atoms with Crippen molar-refractivity contribution in [3.8, 4) is 22.3 Å². The highest BCUT2D eigenvalue weighted by Crippen LogP contribution is 2.33. The third-order valence-electron chi connectivity index (χ3n) is 8.18. The summed E-state index contributed by atoms with van der Waals surface area (Å²) in [5, 5.41) is 0. The highest BCUT2D eigenvalue weighted by atomic mass is 19.2. The van der Waals surface area contributed by atoms with E-state index in [0.29, 0.717) is 53.4 Å². The highest BCUT2D eigenvalue weighted by molar-refractivity contribution is 5.71. The zero-order valence-corrected chi connectivity index (χ0v) is 25.1. The topological polar surface area (TPSA) is 18.5 Å². The molecule has 5 heteroatoms. The Morgan fingerprint density at radius 2 is 1.36 bits per heavy atom. The fourth-order valence-corrected chi connectivity index (χ4v) is 5.60. The monoisotopic (exact) mass is 578 g/mol. The summed E-state index contributed by atoms with van der Waals surface area (Å²) in [5.74, 6) is -1.64. The summed E-state index contributed by atoms with van der Waals surface area (Å²) in [4.78, 5) is 0. The summed E-state index contributed by atoms with van der Waals surface area (Å²) in [7, 11) is 0. The van der Waals surface area contributed by atoms with Crippen LogP contribution in [-0.2, 0) is 15.9 Å². The van der Waals surface area contributed by atoms with Gasteiger partial charge in [-0.1, -0.05) is 113 Å². The molecule has 1 heterocycles. The Morgan fingerprint density at radius 3 is 2.00 bits per heavy atom. The number of ether oxygens (including phenoxy) is 2. The highest BCUT2D eigenvalue weighted by Gasteiger charge is 2.24. The van der Waals surface area contributed by atoms with E-state index in [4.69, 9.17) is 9.47 Å². The van der Waals surface area contributed by atoms with Crippen LogP contribution in [0.1, 0.15) is 95.5 Å². The number of aryl methyl sites for hydroxylation is 1.